The van der Waals surface area contributed by atoms with Gasteiger partial charge in [0, 0.05) is 31.7 Å². The fourth-order valence-electron chi connectivity index (χ4n) is 0.416. The molecule has 0 aromatic carbocycles. The maximum absolute atomic E-state index is 11.1. The molecule has 1 heterocycles. The van der Waals surface area contributed by atoms with E-state index in [4.69, 9.17) is 16.4 Å². The SMILES string of the molecule is [2H]C([2H])(Br)C([2H])([2H])C([2H])([2H])C(=O)OCC.[2H]C1([2H])OC(=O)C([2H])([2H])C1([2H])[2H]. The van der Waals surface area contributed by atoms with Crippen molar-refractivity contribution in [3.63, 3.8) is 0 Å². The second-order valence-electron chi connectivity index (χ2n) is 1.81. The molecule has 0 bridgehead atoms. The lowest BCUT2D eigenvalue weighted by Crippen LogP contribution is -2.03. The maximum Gasteiger partial charge on any atom is 0.305 e. The Morgan fingerprint density at radius 2 is 2.53 bits per heavy atom. The first-order chi connectivity index (χ1) is 11.6. The third kappa shape index (κ3) is 9.72. The first-order valence-corrected chi connectivity index (χ1v) is 4.50. The highest BCUT2D eigenvalue weighted by Crippen LogP contribution is 2.01. The summed E-state index contributed by atoms with van der Waals surface area (Å²) in [5.74, 6) is -2.92. The van der Waals surface area contributed by atoms with E-state index in [2.05, 4.69) is 25.4 Å². The normalized spacial score (nSPS) is 38.7. The molecule has 0 saturated carbocycles. The third-order valence-corrected chi connectivity index (χ3v) is 1.04. The molecule has 5 heteroatoms. The van der Waals surface area contributed by atoms with Gasteiger partial charge in [0.05, 0.1) is 15.9 Å². The molecule has 0 unspecified atom stereocenters. The van der Waals surface area contributed by atoms with Crippen LogP contribution in [0, 0.1) is 0 Å². The van der Waals surface area contributed by atoms with Crippen LogP contribution in [-0.4, -0.2) is 30.4 Å². The Bertz CT molecular complexity index is 585. The quantitative estimate of drug-likeness (QED) is 0.588. The van der Waals surface area contributed by atoms with Gasteiger partial charge in [-0.15, -0.1) is 0 Å². The third-order valence-electron chi connectivity index (χ3n) is 0.847. The van der Waals surface area contributed by atoms with E-state index in [0.29, 0.717) is 0 Å². The second-order valence-corrected chi connectivity index (χ2v) is 2.20. The monoisotopic (exact) mass is 292 g/mol. The van der Waals surface area contributed by atoms with Crippen molar-refractivity contribution < 1.29 is 35.5 Å². The number of alkyl halides is 1. The molecule has 0 amide bonds. The van der Waals surface area contributed by atoms with Gasteiger partial charge in [0.15, 0.2) is 0 Å². The number of carbonyl (C=O) groups excluding carboxylic acids is 2. The van der Waals surface area contributed by atoms with Gasteiger partial charge in [-0.3, -0.25) is 9.59 Å². The van der Waals surface area contributed by atoms with Crippen LogP contribution in [0.15, 0.2) is 0 Å². The first-order valence-electron chi connectivity index (χ1n) is 9.71. The zero-order valence-corrected chi connectivity index (χ0v) is 9.30. The molecule has 1 rings (SSSR count). The van der Waals surface area contributed by atoms with Gasteiger partial charge in [-0.1, -0.05) is 15.9 Å². The van der Waals surface area contributed by atoms with E-state index in [1.165, 1.54) is 6.92 Å². The van der Waals surface area contributed by atoms with Gasteiger partial charge in [-0.2, -0.15) is 0 Å². The van der Waals surface area contributed by atoms with Gasteiger partial charge in [0.2, 0.25) is 0 Å². The van der Waals surface area contributed by atoms with Crippen LogP contribution in [0.4, 0.5) is 0 Å². The highest BCUT2D eigenvalue weighted by atomic mass is 79.9. The molecule has 0 N–H and O–H groups in total. The van der Waals surface area contributed by atoms with Crippen LogP contribution < -0.4 is 0 Å². The molecule has 0 spiro atoms. The van der Waals surface area contributed by atoms with Crippen molar-refractivity contribution in [3.8, 4) is 0 Å². The number of rotatable bonds is 4. The number of ether oxygens (including phenoxy) is 2. The minimum Gasteiger partial charge on any atom is -0.466 e. The zero-order chi connectivity index (χ0) is 22.3. The summed E-state index contributed by atoms with van der Waals surface area (Å²) in [6, 6.07) is 0. The molecule has 1 aliphatic rings. The van der Waals surface area contributed by atoms with Gasteiger partial charge in [0.1, 0.15) is 0 Å². The summed E-state index contributed by atoms with van der Waals surface area (Å²) in [7, 11) is 0. The van der Waals surface area contributed by atoms with Crippen LogP contribution in [0.5, 0.6) is 0 Å². The Morgan fingerprint density at radius 3 is 2.87 bits per heavy atom. The molecule has 1 saturated heterocycles. The van der Waals surface area contributed by atoms with Crippen molar-refractivity contribution >= 4 is 27.9 Å². The zero-order valence-electron chi connectivity index (χ0n) is 19.7. The maximum atomic E-state index is 11.1. The summed E-state index contributed by atoms with van der Waals surface area (Å²) in [6.07, 6.45) is -12.0. The van der Waals surface area contributed by atoms with E-state index in [1.54, 1.807) is 0 Å². The van der Waals surface area contributed by atoms with Gasteiger partial charge >= 0.3 is 11.9 Å². The lowest BCUT2D eigenvalue weighted by molar-refractivity contribution is -0.143. The summed E-state index contributed by atoms with van der Waals surface area (Å²) in [4.78, 5) is 21.8. The van der Waals surface area contributed by atoms with Crippen LogP contribution in [0.2, 0.25) is 0 Å². The Morgan fingerprint density at radius 1 is 1.80 bits per heavy atom. The van der Waals surface area contributed by atoms with E-state index in [0.717, 1.165) is 0 Å². The number of cyclic esters (lactones) is 1. The van der Waals surface area contributed by atoms with Crippen molar-refractivity contribution in [2.24, 2.45) is 0 Å². The smallest absolute Gasteiger partial charge is 0.305 e. The number of hydrogen-bond donors (Lipinski definition) is 0. The van der Waals surface area contributed by atoms with Crippen LogP contribution in [0.3, 0.4) is 0 Å². The van der Waals surface area contributed by atoms with E-state index in [1.807, 2.05) is 0 Å². The molecule has 88 valence electrons. The second kappa shape index (κ2) is 9.96. The lowest BCUT2D eigenvalue weighted by Gasteiger charge is -1.97. The van der Waals surface area contributed by atoms with Crippen molar-refractivity contribution in [3.05, 3.63) is 0 Å². The van der Waals surface area contributed by atoms with E-state index < -0.39 is 49.3 Å². The minimum absolute atomic E-state index is 0.0975. The Hall–Kier alpha value is -0.580. The molecular weight excluding hydrogens is 264 g/mol. The molecule has 0 atom stereocenters. The number of carbonyl (C=O) groups is 2. The van der Waals surface area contributed by atoms with E-state index in [-0.39, 0.29) is 6.61 Å². The predicted octanol–water partition coefficient (Wildman–Crippen LogP) is 2.05. The fraction of sp³-hybridized carbons (Fsp3) is 0.800. The molecule has 0 radical (unpaired) electrons. The van der Waals surface area contributed by atoms with Gasteiger partial charge in [0.25, 0.3) is 0 Å². The molecule has 15 heavy (non-hydrogen) atoms. The van der Waals surface area contributed by atoms with Crippen LogP contribution in [0.25, 0.3) is 0 Å². The Labute approximate surface area is 115 Å². The number of esters is 2. The summed E-state index contributed by atoms with van der Waals surface area (Å²) in [5, 5.41) is -2.67. The van der Waals surface area contributed by atoms with E-state index in [9.17, 15) is 9.59 Å². The van der Waals surface area contributed by atoms with E-state index >= 15 is 0 Å². The fourth-order valence-corrected chi connectivity index (χ4v) is 0.515. The molecule has 0 aromatic heterocycles. The molecule has 1 aliphatic heterocycles. The topological polar surface area (TPSA) is 52.6 Å². The summed E-state index contributed by atoms with van der Waals surface area (Å²) in [6.45, 7) is -1.54. The number of halogens is 1. The molecule has 0 aromatic rings. The molecule has 0 aliphatic carbocycles. The Balaban J connectivity index is 0.000000511. The lowest BCUT2D eigenvalue weighted by atomic mass is 10.3. The van der Waals surface area contributed by atoms with Crippen LogP contribution in [-0.2, 0) is 19.1 Å². The largest absolute Gasteiger partial charge is 0.466 e. The van der Waals surface area contributed by atoms with Crippen molar-refractivity contribution in [1.29, 1.82) is 0 Å². The summed E-state index contributed by atoms with van der Waals surface area (Å²) in [5.41, 5.74) is 0. The summed E-state index contributed by atoms with van der Waals surface area (Å²) >= 11 is 2.37. The van der Waals surface area contributed by atoms with Gasteiger partial charge in [-0.05, 0) is 19.7 Å². The van der Waals surface area contributed by atoms with Gasteiger partial charge in [-0.25, -0.2) is 0 Å². The highest BCUT2D eigenvalue weighted by Gasteiger charge is 2.08. The van der Waals surface area contributed by atoms with Crippen LogP contribution in [0.1, 0.15) is 48.9 Å². The minimum atomic E-state index is -3.06. The standard InChI is InChI=1S/C6H11BrO2.C4H6O2/c1-2-9-6(8)4-3-5-7;5-4-2-1-3-6-4/h2-5H2,1H3;1-3H2/i3D2,4D2,5D2;1D2,2D2,3D2. The highest BCUT2D eigenvalue weighted by molar-refractivity contribution is 9.09. The molecule has 1 fully saturated rings. The summed E-state index contributed by atoms with van der Waals surface area (Å²) < 4.78 is 93.0. The van der Waals surface area contributed by atoms with Gasteiger partial charge < -0.3 is 9.47 Å². The van der Waals surface area contributed by atoms with Crippen molar-refractivity contribution in [1.82, 2.24) is 0 Å². The number of hydrogen-bond acceptors (Lipinski definition) is 4. The van der Waals surface area contributed by atoms with Crippen LogP contribution >= 0.6 is 15.9 Å². The average molecular weight is 293 g/mol. The average Bonchev–Trinajstić information content (AvgIpc) is 2.55. The molecule has 4 nitrogen and oxygen atoms in total. The predicted molar refractivity (Wildman–Crippen MR) is 59.9 cm³/mol. The van der Waals surface area contributed by atoms with Crippen molar-refractivity contribution in [2.75, 3.05) is 18.4 Å². The first kappa shape index (κ1) is 4.02. The molecular formula is C10H17BrO4. The van der Waals surface area contributed by atoms with Crippen molar-refractivity contribution in [2.45, 2.75) is 32.4 Å². The Kier molecular flexibility index (Phi) is 2.67.